The molecule has 1 aromatic heterocycles. The minimum Gasteiger partial charge on any atom is -0.497 e. The van der Waals surface area contributed by atoms with Gasteiger partial charge in [0.2, 0.25) is 5.91 Å². The first-order chi connectivity index (χ1) is 22.1. The van der Waals surface area contributed by atoms with Crippen molar-refractivity contribution in [3.8, 4) is 11.5 Å². The molecule has 1 aliphatic heterocycles. The summed E-state index contributed by atoms with van der Waals surface area (Å²) in [6.07, 6.45) is 2.49. The van der Waals surface area contributed by atoms with Crippen LogP contribution in [0.15, 0.2) is 89.1 Å². The summed E-state index contributed by atoms with van der Waals surface area (Å²) >= 11 is 1.20. The summed E-state index contributed by atoms with van der Waals surface area (Å²) in [5, 5.41) is 6.40. The number of carbonyl (C=O) groups is 2. The van der Waals surface area contributed by atoms with E-state index in [0.29, 0.717) is 39.9 Å². The van der Waals surface area contributed by atoms with Crippen LogP contribution in [0.5, 0.6) is 11.5 Å². The molecule has 0 spiro atoms. The number of ether oxygens (including phenoxy) is 2. The first-order valence-corrected chi connectivity index (χ1v) is 17.2. The van der Waals surface area contributed by atoms with Gasteiger partial charge in [-0.2, -0.15) is 4.31 Å². The molecule has 5 rings (SSSR count). The van der Waals surface area contributed by atoms with Crippen molar-refractivity contribution in [2.24, 2.45) is 5.73 Å². The predicted octanol–water partition coefficient (Wildman–Crippen LogP) is 5.31. The van der Waals surface area contributed by atoms with Crippen molar-refractivity contribution in [2.45, 2.75) is 43.0 Å². The number of benzene rings is 3. The van der Waals surface area contributed by atoms with Gasteiger partial charge < -0.3 is 25.8 Å². The van der Waals surface area contributed by atoms with Gasteiger partial charge in [-0.1, -0.05) is 31.2 Å². The van der Waals surface area contributed by atoms with Gasteiger partial charge in [0.15, 0.2) is 0 Å². The molecule has 10 nitrogen and oxygen atoms in total. The fraction of sp³-hybridized carbons (Fsp3) is 0.294. The van der Waals surface area contributed by atoms with Crippen LogP contribution < -0.4 is 25.8 Å². The third kappa shape index (κ3) is 9.32. The number of anilines is 1. The molecule has 2 heterocycles. The normalized spacial score (nSPS) is 13.6. The quantitative estimate of drug-likeness (QED) is 0.198. The largest absolute Gasteiger partial charge is 0.497 e. The van der Waals surface area contributed by atoms with Gasteiger partial charge in [-0.05, 0) is 85.5 Å². The number of nitrogens with one attached hydrogen (secondary N) is 2. The van der Waals surface area contributed by atoms with Crippen LogP contribution in [0.1, 0.15) is 50.9 Å². The molecule has 0 aliphatic carbocycles. The molecule has 1 saturated heterocycles. The highest BCUT2D eigenvalue weighted by atomic mass is 32.2. The fourth-order valence-electron chi connectivity index (χ4n) is 4.89. The van der Waals surface area contributed by atoms with Crippen molar-refractivity contribution >= 4 is 38.9 Å². The number of hydrogen-bond donors (Lipinski definition) is 3. The maximum absolute atomic E-state index is 13.2. The van der Waals surface area contributed by atoms with E-state index in [1.54, 1.807) is 79.2 Å². The second-order valence-electron chi connectivity index (χ2n) is 10.6. The molecule has 3 aromatic carbocycles. The summed E-state index contributed by atoms with van der Waals surface area (Å²) < 4.78 is 38.3. The van der Waals surface area contributed by atoms with Crippen molar-refractivity contribution in [3.05, 3.63) is 106 Å². The Morgan fingerprint density at radius 2 is 1.52 bits per heavy atom. The summed E-state index contributed by atoms with van der Waals surface area (Å²) in [4.78, 5) is 23.9. The van der Waals surface area contributed by atoms with Gasteiger partial charge in [-0.15, -0.1) is 11.3 Å². The molecule has 4 aromatic rings. The van der Waals surface area contributed by atoms with Crippen molar-refractivity contribution in [3.63, 3.8) is 0 Å². The van der Waals surface area contributed by atoms with Crippen molar-refractivity contribution in [1.29, 1.82) is 0 Å². The lowest BCUT2D eigenvalue weighted by Gasteiger charge is -2.31. The topological polar surface area (TPSA) is 140 Å². The van der Waals surface area contributed by atoms with E-state index in [9.17, 15) is 18.0 Å². The Morgan fingerprint density at radius 3 is 2.15 bits per heavy atom. The highest BCUT2D eigenvalue weighted by molar-refractivity contribution is 7.91. The van der Waals surface area contributed by atoms with Crippen molar-refractivity contribution < 1.29 is 27.5 Å². The van der Waals surface area contributed by atoms with E-state index in [1.165, 1.54) is 16.9 Å². The summed E-state index contributed by atoms with van der Waals surface area (Å²) in [7, 11) is -0.461. The second-order valence-corrected chi connectivity index (χ2v) is 13.9. The Hall–Kier alpha value is -4.39. The van der Waals surface area contributed by atoms with Gasteiger partial charge >= 0.3 is 0 Å². The Morgan fingerprint density at radius 1 is 0.891 bits per heavy atom. The number of carbonyl (C=O) groups excluding carboxylic acids is 2. The van der Waals surface area contributed by atoms with Crippen LogP contribution >= 0.6 is 11.3 Å². The highest BCUT2D eigenvalue weighted by Crippen LogP contribution is 2.28. The summed E-state index contributed by atoms with van der Waals surface area (Å²) in [6.45, 7) is 3.35. The van der Waals surface area contributed by atoms with Crippen LogP contribution in [0.25, 0.3) is 0 Å². The zero-order valence-corrected chi connectivity index (χ0v) is 27.8. The van der Waals surface area contributed by atoms with Gasteiger partial charge in [0.1, 0.15) is 15.7 Å². The molecular formula is C34H40N4O6S2. The second kappa shape index (κ2) is 16.3. The molecule has 0 radical (unpaired) electrons. The van der Waals surface area contributed by atoms with E-state index in [4.69, 9.17) is 15.2 Å². The maximum atomic E-state index is 13.2. The summed E-state index contributed by atoms with van der Waals surface area (Å²) in [5.41, 5.74) is 8.37. The number of nitrogens with two attached hydrogens (primary N) is 1. The van der Waals surface area contributed by atoms with E-state index in [2.05, 4.69) is 35.8 Å². The van der Waals surface area contributed by atoms with E-state index in [0.717, 1.165) is 29.8 Å². The Bertz CT molecular complexity index is 1730. The zero-order chi connectivity index (χ0) is 33.1. The maximum Gasteiger partial charge on any atom is 0.252 e. The van der Waals surface area contributed by atoms with E-state index in [1.807, 2.05) is 6.07 Å². The summed E-state index contributed by atoms with van der Waals surface area (Å²) in [5.74, 6) is 0.571. The molecular weight excluding hydrogens is 625 g/mol. The first-order valence-electron chi connectivity index (χ1n) is 14.9. The molecule has 1 fully saturated rings. The molecule has 0 bridgehead atoms. The van der Waals surface area contributed by atoms with Crippen LogP contribution in [0, 0.1) is 0 Å². The summed E-state index contributed by atoms with van der Waals surface area (Å²) in [6, 6.07) is 25.6. The van der Waals surface area contributed by atoms with Gasteiger partial charge in [0.25, 0.3) is 15.9 Å². The average Bonchev–Trinajstić information content (AvgIpc) is 3.58. The number of aryl methyl sites for hydroxylation is 1. The lowest BCUT2D eigenvalue weighted by molar-refractivity contribution is 0.0949. The number of primary amides is 1. The first kappa shape index (κ1) is 34.5. The molecule has 244 valence electrons. The molecule has 4 N–H and O–H groups in total. The van der Waals surface area contributed by atoms with Crippen molar-refractivity contribution in [2.75, 3.05) is 32.6 Å². The Labute approximate surface area is 274 Å². The number of methoxy groups -OCH3 is 2. The minimum atomic E-state index is -3.55. The van der Waals surface area contributed by atoms with Gasteiger partial charge in [-0.3, -0.25) is 9.59 Å². The smallest absolute Gasteiger partial charge is 0.252 e. The van der Waals surface area contributed by atoms with Gasteiger partial charge in [0, 0.05) is 40.8 Å². The Kier molecular flexibility index (Phi) is 12.2. The molecule has 12 heteroatoms. The van der Waals surface area contributed by atoms with E-state index in [-0.39, 0.29) is 18.5 Å². The van der Waals surface area contributed by atoms with Crippen molar-refractivity contribution in [1.82, 2.24) is 9.62 Å². The minimum absolute atomic E-state index is 0.235. The zero-order valence-electron chi connectivity index (χ0n) is 26.2. The molecule has 0 saturated carbocycles. The number of hydrogen-bond acceptors (Lipinski definition) is 8. The SMILES string of the molecule is CCc1cccc(NC2CCN(S(=O)(=O)c3ccc(CNC(=O)c4cccc(OC)c4)s3)CC2)c1.COc1cccc(C(N)=O)c1. The van der Waals surface area contributed by atoms with Crippen LogP contribution in [0.2, 0.25) is 0 Å². The molecule has 0 atom stereocenters. The average molecular weight is 665 g/mol. The Balaban J connectivity index is 0.000000369. The monoisotopic (exact) mass is 664 g/mol. The highest BCUT2D eigenvalue weighted by Gasteiger charge is 2.30. The van der Waals surface area contributed by atoms with Crippen LogP contribution in [-0.2, 0) is 23.0 Å². The van der Waals surface area contributed by atoms with Gasteiger partial charge in [0.05, 0.1) is 20.8 Å². The molecule has 0 unspecified atom stereocenters. The fourth-order valence-corrected chi connectivity index (χ4v) is 7.81. The molecule has 1 aliphatic rings. The van der Waals surface area contributed by atoms with Crippen LogP contribution in [-0.4, -0.2) is 57.9 Å². The number of thiophene rings is 1. The van der Waals surface area contributed by atoms with E-state index >= 15 is 0 Å². The predicted molar refractivity (Wildman–Crippen MR) is 181 cm³/mol. The molecule has 46 heavy (non-hydrogen) atoms. The van der Waals surface area contributed by atoms with Crippen LogP contribution in [0.3, 0.4) is 0 Å². The number of sulfonamides is 1. The molecule has 2 amide bonds. The van der Waals surface area contributed by atoms with E-state index < -0.39 is 15.9 Å². The third-order valence-corrected chi connectivity index (χ3v) is 11.0. The lowest BCUT2D eigenvalue weighted by atomic mass is 10.1. The number of nitrogens with zero attached hydrogens (tertiary/aromatic N) is 1. The standard InChI is InChI=1S/C26H31N3O4S2.C8H9NO2/c1-3-19-6-4-8-22(16-19)28-21-12-14-29(15-13-21)35(31,32)25-11-10-24(34-25)18-27-26(30)20-7-5-9-23(17-20)33-2;1-11-7-4-2-3-6(5-7)8(9)10/h4-11,16-17,21,28H,3,12-15,18H2,1-2H3,(H,27,30);2-5H,1H3,(H2,9,10). The van der Waals surface area contributed by atoms with Gasteiger partial charge in [-0.25, -0.2) is 8.42 Å². The van der Waals surface area contributed by atoms with Crippen LogP contribution in [0.4, 0.5) is 5.69 Å². The lowest BCUT2D eigenvalue weighted by Crippen LogP contribution is -2.42. The third-order valence-electron chi connectivity index (χ3n) is 7.50. The number of piperidine rings is 1. The number of rotatable bonds is 11. The number of amides is 2.